The minimum absolute atomic E-state index is 0.0721. The molecule has 2 aromatic rings. The zero-order valence-electron chi connectivity index (χ0n) is 16.4. The predicted octanol–water partition coefficient (Wildman–Crippen LogP) is 3.85. The molecule has 0 unspecified atom stereocenters. The van der Waals surface area contributed by atoms with Gasteiger partial charge in [0.25, 0.3) is 11.6 Å². The van der Waals surface area contributed by atoms with Crippen LogP contribution in [0.3, 0.4) is 0 Å². The van der Waals surface area contributed by atoms with Gasteiger partial charge in [0.05, 0.1) is 4.92 Å². The first kappa shape index (κ1) is 21.8. The first-order valence-corrected chi connectivity index (χ1v) is 9.36. The maximum atomic E-state index is 12.2. The Balaban J connectivity index is 1.86. The van der Waals surface area contributed by atoms with Crippen molar-refractivity contribution < 1.29 is 19.2 Å². The topological polar surface area (TPSA) is 98.5 Å². The van der Waals surface area contributed by atoms with Crippen LogP contribution in [0.5, 0.6) is 0 Å². The van der Waals surface area contributed by atoms with Gasteiger partial charge in [-0.25, -0.2) is 4.79 Å². The summed E-state index contributed by atoms with van der Waals surface area (Å²) >= 11 is 0. The van der Waals surface area contributed by atoms with Crippen molar-refractivity contribution in [3.05, 3.63) is 81.9 Å². The highest BCUT2D eigenvalue weighted by molar-refractivity contribution is 5.90. The molecule has 0 aliphatic heterocycles. The number of benzene rings is 2. The van der Waals surface area contributed by atoms with Gasteiger partial charge < -0.3 is 10.1 Å². The van der Waals surface area contributed by atoms with E-state index in [2.05, 4.69) is 5.32 Å². The summed E-state index contributed by atoms with van der Waals surface area (Å²) in [7, 11) is 0. The molecule has 7 heteroatoms. The summed E-state index contributed by atoms with van der Waals surface area (Å²) in [6, 6.07) is 15.7. The molecule has 1 N–H and O–H groups in total. The number of nitro benzene ring substituents is 1. The smallest absolute Gasteiger partial charge is 0.331 e. The monoisotopic (exact) mass is 396 g/mol. The molecule has 1 amide bonds. The number of amides is 1. The minimum atomic E-state index is -0.953. The molecule has 2 rings (SSSR count). The summed E-state index contributed by atoms with van der Waals surface area (Å²) in [5.41, 5.74) is 1.55. The number of non-ortho nitro benzene ring substituents is 1. The van der Waals surface area contributed by atoms with E-state index < -0.39 is 17.0 Å². The number of nitrogens with zero attached hydrogens (tertiary/aromatic N) is 1. The van der Waals surface area contributed by atoms with Gasteiger partial charge >= 0.3 is 5.97 Å². The van der Waals surface area contributed by atoms with Crippen LogP contribution in [0.1, 0.15) is 37.3 Å². The fourth-order valence-corrected chi connectivity index (χ4v) is 2.76. The van der Waals surface area contributed by atoms with Crippen LogP contribution >= 0.6 is 0 Å². The molecule has 0 fully saturated rings. The normalized spacial score (nSPS) is 12.9. The molecule has 7 nitrogen and oxygen atoms in total. The molecule has 0 spiro atoms. The van der Waals surface area contributed by atoms with Crippen LogP contribution < -0.4 is 5.32 Å². The van der Waals surface area contributed by atoms with Gasteiger partial charge in [-0.15, -0.1) is 0 Å². The Morgan fingerprint density at radius 1 is 1.17 bits per heavy atom. The summed E-state index contributed by atoms with van der Waals surface area (Å²) in [5.74, 6) is -0.900. The third-order valence-corrected chi connectivity index (χ3v) is 4.44. The number of nitro groups is 1. The molecule has 2 atom stereocenters. The SMILES string of the molecule is CC[C@@H](CNC(=O)[C@@H](C)OC(=O)/C=C/c1cccc([N+](=O)[O-])c1)c1ccccc1. The Morgan fingerprint density at radius 2 is 1.90 bits per heavy atom. The highest BCUT2D eigenvalue weighted by atomic mass is 16.6. The molecule has 0 aliphatic rings. The van der Waals surface area contributed by atoms with Crippen molar-refractivity contribution in [2.45, 2.75) is 32.3 Å². The van der Waals surface area contributed by atoms with Crippen LogP contribution in [0.4, 0.5) is 5.69 Å². The van der Waals surface area contributed by atoms with Gasteiger partial charge in [0, 0.05) is 30.7 Å². The summed E-state index contributed by atoms with van der Waals surface area (Å²) in [5, 5.41) is 13.6. The highest BCUT2D eigenvalue weighted by Crippen LogP contribution is 2.18. The summed E-state index contributed by atoms with van der Waals surface area (Å²) in [4.78, 5) is 34.4. The number of ether oxygens (including phenoxy) is 1. The van der Waals surface area contributed by atoms with Gasteiger partial charge in [-0.1, -0.05) is 49.4 Å². The van der Waals surface area contributed by atoms with Crippen LogP contribution in [0, 0.1) is 10.1 Å². The zero-order chi connectivity index (χ0) is 21.2. The van der Waals surface area contributed by atoms with E-state index in [4.69, 9.17) is 4.74 Å². The second-order valence-electron chi connectivity index (χ2n) is 6.53. The fraction of sp³-hybridized carbons (Fsp3) is 0.273. The Morgan fingerprint density at radius 3 is 2.55 bits per heavy atom. The summed E-state index contributed by atoms with van der Waals surface area (Å²) in [6.45, 7) is 3.99. The minimum Gasteiger partial charge on any atom is -0.449 e. The van der Waals surface area contributed by atoms with Crippen molar-refractivity contribution in [2.75, 3.05) is 6.54 Å². The molecule has 2 aromatic carbocycles. The van der Waals surface area contributed by atoms with E-state index in [0.717, 1.165) is 18.1 Å². The molecule has 0 saturated carbocycles. The molecule has 0 bridgehead atoms. The summed E-state index contributed by atoms with van der Waals surface area (Å²) < 4.78 is 5.11. The van der Waals surface area contributed by atoms with E-state index in [9.17, 15) is 19.7 Å². The Hall–Kier alpha value is -3.48. The van der Waals surface area contributed by atoms with Crippen molar-refractivity contribution >= 4 is 23.6 Å². The second kappa shape index (κ2) is 10.8. The molecule has 0 aliphatic carbocycles. The molecular weight excluding hydrogens is 372 g/mol. The van der Waals surface area contributed by atoms with Crippen LogP contribution in [0.2, 0.25) is 0 Å². The zero-order valence-corrected chi connectivity index (χ0v) is 16.4. The first-order chi connectivity index (χ1) is 13.9. The van der Waals surface area contributed by atoms with Crippen LogP contribution in [0.25, 0.3) is 6.08 Å². The molecule has 0 heterocycles. The molecule has 0 saturated heterocycles. The second-order valence-corrected chi connectivity index (χ2v) is 6.53. The average Bonchev–Trinajstić information content (AvgIpc) is 2.73. The highest BCUT2D eigenvalue weighted by Gasteiger charge is 2.18. The fourth-order valence-electron chi connectivity index (χ4n) is 2.76. The Kier molecular flexibility index (Phi) is 8.09. The molecular formula is C22H24N2O5. The number of esters is 1. The Labute approximate surface area is 169 Å². The van der Waals surface area contributed by atoms with Crippen LogP contribution in [-0.2, 0) is 14.3 Å². The number of rotatable bonds is 9. The van der Waals surface area contributed by atoms with E-state index in [1.54, 1.807) is 6.07 Å². The lowest BCUT2D eigenvalue weighted by Crippen LogP contribution is -2.37. The molecule has 152 valence electrons. The number of carbonyl (C=O) groups excluding carboxylic acids is 2. The third-order valence-electron chi connectivity index (χ3n) is 4.44. The van der Waals surface area contributed by atoms with Gasteiger partial charge in [0.2, 0.25) is 0 Å². The summed E-state index contributed by atoms with van der Waals surface area (Å²) in [6.07, 6.45) is 2.46. The van der Waals surface area contributed by atoms with E-state index >= 15 is 0 Å². The lowest BCUT2D eigenvalue weighted by Gasteiger charge is -2.18. The van der Waals surface area contributed by atoms with Crippen LogP contribution in [0.15, 0.2) is 60.7 Å². The first-order valence-electron chi connectivity index (χ1n) is 9.36. The lowest BCUT2D eigenvalue weighted by atomic mass is 9.96. The molecule has 29 heavy (non-hydrogen) atoms. The van der Waals surface area contributed by atoms with E-state index in [-0.39, 0.29) is 17.5 Å². The Bertz CT molecular complexity index is 880. The largest absolute Gasteiger partial charge is 0.449 e. The quantitative estimate of drug-likeness (QED) is 0.300. The van der Waals surface area contributed by atoms with E-state index in [0.29, 0.717) is 12.1 Å². The van der Waals surface area contributed by atoms with Crippen LogP contribution in [-0.4, -0.2) is 29.4 Å². The lowest BCUT2D eigenvalue weighted by molar-refractivity contribution is -0.384. The maximum Gasteiger partial charge on any atom is 0.331 e. The number of nitrogens with one attached hydrogen (secondary N) is 1. The van der Waals surface area contributed by atoms with Crippen molar-refractivity contribution in [3.63, 3.8) is 0 Å². The molecule has 0 aromatic heterocycles. The molecule has 0 radical (unpaired) electrons. The van der Waals surface area contributed by atoms with Crippen molar-refractivity contribution in [3.8, 4) is 0 Å². The standard InChI is InChI=1S/C22H24N2O5/c1-3-18(19-9-5-4-6-10-19)15-23-22(26)16(2)29-21(25)13-12-17-8-7-11-20(14-17)24(27)28/h4-14,16,18H,3,15H2,1-2H3,(H,23,26)/b13-12+/t16-,18+/m1/s1. The third kappa shape index (κ3) is 6.88. The van der Waals surface area contributed by atoms with Gasteiger partial charge in [-0.3, -0.25) is 14.9 Å². The average molecular weight is 396 g/mol. The number of hydrogen-bond acceptors (Lipinski definition) is 5. The van der Waals surface area contributed by atoms with Gasteiger partial charge in [0.15, 0.2) is 6.10 Å². The van der Waals surface area contributed by atoms with Crippen molar-refractivity contribution in [1.82, 2.24) is 5.32 Å². The van der Waals surface area contributed by atoms with Gasteiger partial charge in [-0.2, -0.15) is 0 Å². The predicted molar refractivity (Wildman–Crippen MR) is 110 cm³/mol. The maximum absolute atomic E-state index is 12.2. The van der Waals surface area contributed by atoms with E-state index in [1.807, 2.05) is 37.3 Å². The van der Waals surface area contributed by atoms with Gasteiger partial charge in [-0.05, 0) is 30.5 Å². The van der Waals surface area contributed by atoms with E-state index in [1.165, 1.54) is 31.2 Å². The number of hydrogen-bond donors (Lipinski definition) is 1. The van der Waals surface area contributed by atoms with Gasteiger partial charge in [0.1, 0.15) is 0 Å². The number of carbonyl (C=O) groups is 2. The van der Waals surface area contributed by atoms with Crippen molar-refractivity contribution in [2.24, 2.45) is 0 Å². The van der Waals surface area contributed by atoms with Crippen molar-refractivity contribution in [1.29, 1.82) is 0 Å².